The van der Waals surface area contributed by atoms with Crippen LogP contribution in [0.3, 0.4) is 0 Å². The Balaban J connectivity index is 4.22. The number of carbonyl (C=O) groups is 2. The Morgan fingerprint density at radius 2 is 2.08 bits per heavy atom. The zero-order valence-corrected chi connectivity index (χ0v) is 8.38. The number of hydrogen-bond donors (Lipinski definition) is 0. The van der Waals surface area contributed by atoms with Gasteiger partial charge < -0.3 is 9.47 Å². The molecule has 0 bridgehead atoms. The molecule has 4 nitrogen and oxygen atoms in total. The lowest BCUT2D eigenvalue weighted by molar-refractivity contribution is -0.137. The summed E-state index contributed by atoms with van der Waals surface area (Å²) >= 11 is 3.05. The van der Waals surface area contributed by atoms with Gasteiger partial charge in [0.05, 0.1) is 18.5 Å². The third-order valence-electron chi connectivity index (χ3n) is 0.887. The number of ether oxygens (including phenoxy) is 2. The molecule has 0 saturated heterocycles. The van der Waals surface area contributed by atoms with Gasteiger partial charge in [-0.15, -0.1) is 0 Å². The number of rotatable bonds is 3. The maximum atomic E-state index is 10.7. The van der Waals surface area contributed by atoms with Crippen molar-refractivity contribution in [3.8, 4) is 0 Å². The Kier molecular flexibility index (Phi) is 5.36. The normalized spacial score (nSPS) is 10.8. The summed E-state index contributed by atoms with van der Waals surface area (Å²) in [6, 6.07) is 0. The van der Waals surface area contributed by atoms with Crippen LogP contribution in [-0.4, -0.2) is 24.4 Å². The van der Waals surface area contributed by atoms with E-state index in [1.54, 1.807) is 0 Å². The highest BCUT2D eigenvalue weighted by Gasteiger charge is 2.03. The summed E-state index contributed by atoms with van der Waals surface area (Å²) in [6.45, 7) is 1.26. The van der Waals surface area contributed by atoms with Crippen LogP contribution in [0.2, 0.25) is 0 Å². The first-order valence-corrected chi connectivity index (χ1v) is 4.25. The van der Waals surface area contributed by atoms with E-state index >= 15 is 0 Å². The molecule has 0 N–H and O–H groups in total. The second-order valence-corrected chi connectivity index (χ2v) is 2.42. The molecule has 68 valence electrons. The predicted molar refractivity (Wildman–Crippen MR) is 45.7 cm³/mol. The van der Waals surface area contributed by atoms with Crippen molar-refractivity contribution in [2.24, 2.45) is 0 Å². The van der Waals surface area contributed by atoms with E-state index in [0.29, 0.717) is 5.33 Å². The van der Waals surface area contributed by atoms with Crippen LogP contribution in [0.1, 0.15) is 6.92 Å². The van der Waals surface area contributed by atoms with Crippen molar-refractivity contribution < 1.29 is 19.1 Å². The van der Waals surface area contributed by atoms with Crippen molar-refractivity contribution in [2.75, 3.05) is 12.4 Å². The number of carbonyl (C=O) groups excluding carboxylic acids is 2. The lowest BCUT2D eigenvalue weighted by Gasteiger charge is -2.01. The minimum absolute atomic E-state index is 0.231. The number of hydrogen-bond acceptors (Lipinski definition) is 4. The van der Waals surface area contributed by atoms with Gasteiger partial charge in [-0.3, -0.25) is 4.79 Å². The van der Waals surface area contributed by atoms with E-state index in [1.165, 1.54) is 14.0 Å². The highest BCUT2D eigenvalue weighted by molar-refractivity contribution is 9.09. The van der Waals surface area contributed by atoms with Gasteiger partial charge in [0.25, 0.3) is 0 Å². The summed E-state index contributed by atoms with van der Waals surface area (Å²) in [6.07, 6.45) is 1.11. The van der Waals surface area contributed by atoms with Gasteiger partial charge in [0.15, 0.2) is 0 Å². The molecular formula is C7H9BrO4. The molecule has 12 heavy (non-hydrogen) atoms. The third-order valence-corrected chi connectivity index (χ3v) is 1.44. The zero-order valence-electron chi connectivity index (χ0n) is 6.80. The number of alkyl halides is 1. The highest BCUT2D eigenvalue weighted by Crippen LogP contribution is 2.02. The van der Waals surface area contributed by atoms with E-state index < -0.39 is 11.9 Å². The molecular weight excluding hydrogens is 228 g/mol. The van der Waals surface area contributed by atoms with Crippen molar-refractivity contribution >= 4 is 27.9 Å². The van der Waals surface area contributed by atoms with E-state index in [-0.39, 0.29) is 5.76 Å². The Hall–Kier alpha value is -0.840. The van der Waals surface area contributed by atoms with Crippen LogP contribution in [0.15, 0.2) is 11.8 Å². The van der Waals surface area contributed by atoms with Gasteiger partial charge in [0, 0.05) is 6.92 Å². The van der Waals surface area contributed by atoms with Crippen molar-refractivity contribution in [3.05, 3.63) is 11.8 Å². The summed E-state index contributed by atoms with van der Waals surface area (Å²) in [5.41, 5.74) is 0. The Bertz CT molecular complexity index is 209. The maximum absolute atomic E-state index is 10.7. The molecule has 0 amide bonds. The molecule has 0 aliphatic rings. The maximum Gasteiger partial charge on any atom is 0.333 e. The fraction of sp³-hybridized carbons (Fsp3) is 0.429. The number of halogens is 1. The SMILES string of the molecule is COC(=O)/C=C(\CBr)OC(C)=O. The lowest BCUT2D eigenvalue weighted by atomic mass is 10.5. The van der Waals surface area contributed by atoms with Gasteiger partial charge in [-0.05, 0) is 0 Å². The molecule has 0 radical (unpaired) electrons. The summed E-state index contributed by atoms with van der Waals surface area (Å²) in [5.74, 6) is -0.787. The van der Waals surface area contributed by atoms with Crippen LogP contribution in [0.5, 0.6) is 0 Å². The van der Waals surface area contributed by atoms with Crippen LogP contribution in [0.25, 0.3) is 0 Å². The van der Waals surface area contributed by atoms with Gasteiger partial charge >= 0.3 is 11.9 Å². The molecule has 0 aromatic carbocycles. The second-order valence-electron chi connectivity index (χ2n) is 1.86. The molecule has 0 aromatic heterocycles. The number of allylic oxidation sites excluding steroid dienone is 1. The average molecular weight is 237 g/mol. The topological polar surface area (TPSA) is 52.6 Å². The average Bonchev–Trinajstić information content (AvgIpc) is 2.02. The first kappa shape index (κ1) is 11.2. The molecule has 0 heterocycles. The number of esters is 2. The van der Waals surface area contributed by atoms with Crippen LogP contribution in [0.4, 0.5) is 0 Å². The monoisotopic (exact) mass is 236 g/mol. The fourth-order valence-corrected chi connectivity index (χ4v) is 0.747. The summed E-state index contributed by atoms with van der Waals surface area (Å²) in [7, 11) is 1.25. The predicted octanol–water partition coefficient (Wildman–Crippen LogP) is 1.00. The van der Waals surface area contributed by atoms with Crippen LogP contribution in [0, 0.1) is 0 Å². The molecule has 0 aliphatic carbocycles. The van der Waals surface area contributed by atoms with E-state index in [2.05, 4.69) is 25.4 Å². The smallest absolute Gasteiger partial charge is 0.333 e. The van der Waals surface area contributed by atoms with Crippen LogP contribution < -0.4 is 0 Å². The minimum Gasteiger partial charge on any atom is -0.466 e. The molecule has 0 fully saturated rings. The summed E-state index contributed by atoms with van der Waals surface area (Å²) in [5, 5.41) is 0.293. The van der Waals surface area contributed by atoms with Crippen molar-refractivity contribution in [1.82, 2.24) is 0 Å². The van der Waals surface area contributed by atoms with Crippen LogP contribution in [-0.2, 0) is 19.1 Å². The van der Waals surface area contributed by atoms with Gasteiger partial charge in [-0.1, -0.05) is 15.9 Å². The van der Waals surface area contributed by atoms with Crippen molar-refractivity contribution in [3.63, 3.8) is 0 Å². The third kappa shape index (κ3) is 4.90. The first-order chi connectivity index (χ1) is 5.60. The molecule has 5 heteroatoms. The Morgan fingerprint density at radius 3 is 2.42 bits per heavy atom. The first-order valence-electron chi connectivity index (χ1n) is 3.13. The fourth-order valence-electron chi connectivity index (χ4n) is 0.470. The Labute approximate surface area is 78.7 Å². The minimum atomic E-state index is -0.550. The molecule has 0 aromatic rings. The van der Waals surface area contributed by atoms with Gasteiger partial charge in [0.1, 0.15) is 5.76 Å². The standard InChI is InChI=1S/C7H9BrO4/c1-5(9)12-6(4-8)3-7(10)11-2/h3H,4H2,1-2H3/b6-3+. The van der Waals surface area contributed by atoms with Crippen LogP contribution >= 0.6 is 15.9 Å². The van der Waals surface area contributed by atoms with Gasteiger partial charge in [-0.25, -0.2) is 4.79 Å². The number of methoxy groups -OCH3 is 1. The van der Waals surface area contributed by atoms with E-state index in [0.717, 1.165) is 6.08 Å². The quantitative estimate of drug-likeness (QED) is 0.318. The van der Waals surface area contributed by atoms with Gasteiger partial charge in [-0.2, -0.15) is 0 Å². The largest absolute Gasteiger partial charge is 0.466 e. The molecule has 0 spiro atoms. The molecule has 0 atom stereocenters. The molecule has 0 rings (SSSR count). The highest BCUT2D eigenvalue weighted by atomic mass is 79.9. The van der Waals surface area contributed by atoms with Gasteiger partial charge in [0.2, 0.25) is 0 Å². The lowest BCUT2D eigenvalue weighted by Crippen LogP contribution is -2.04. The summed E-state index contributed by atoms with van der Waals surface area (Å²) in [4.78, 5) is 21.1. The second kappa shape index (κ2) is 5.77. The van der Waals surface area contributed by atoms with E-state index in [9.17, 15) is 9.59 Å². The van der Waals surface area contributed by atoms with Crippen molar-refractivity contribution in [2.45, 2.75) is 6.92 Å². The van der Waals surface area contributed by atoms with Crippen molar-refractivity contribution in [1.29, 1.82) is 0 Å². The van der Waals surface area contributed by atoms with E-state index in [1.807, 2.05) is 0 Å². The molecule has 0 saturated carbocycles. The van der Waals surface area contributed by atoms with E-state index in [4.69, 9.17) is 0 Å². The summed E-state index contributed by atoms with van der Waals surface area (Å²) < 4.78 is 8.98. The molecule has 0 unspecified atom stereocenters. The zero-order chi connectivity index (χ0) is 9.56. The Morgan fingerprint density at radius 1 is 1.50 bits per heavy atom. The molecule has 0 aliphatic heterocycles.